The van der Waals surface area contributed by atoms with E-state index in [-0.39, 0.29) is 5.91 Å². The molecule has 1 N–H and O–H groups in total. The van der Waals surface area contributed by atoms with Crippen LogP contribution in [0, 0.1) is 6.92 Å². The summed E-state index contributed by atoms with van der Waals surface area (Å²) < 4.78 is 5.05. The van der Waals surface area contributed by atoms with Gasteiger partial charge < -0.3 is 14.6 Å². The molecule has 0 aliphatic carbocycles. The Morgan fingerprint density at radius 3 is 3.10 bits per heavy atom. The fraction of sp³-hybridized carbons (Fsp3) is 0.375. The fourth-order valence-corrected chi connectivity index (χ4v) is 2.54. The van der Waals surface area contributed by atoms with Crippen molar-refractivity contribution in [3.05, 3.63) is 53.7 Å². The van der Waals surface area contributed by atoms with Crippen molar-refractivity contribution in [3.63, 3.8) is 0 Å². The molecule has 0 radical (unpaired) electrons. The van der Waals surface area contributed by atoms with Crippen molar-refractivity contribution >= 4 is 5.91 Å². The van der Waals surface area contributed by atoms with Gasteiger partial charge in [-0.3, -0.25) is 9.78 Å². The molecule has 5 heteroatoms. The average molecular weight is 285 g/mol. The monoisotopic (exact) mass is 285 g/mol. The second kappa shape index (κ2) is 6.10. The Morgan fingerprint density at radius 2 is 2.38 bits per heavy atom. The lowest BCUT2D eigenvalue weighted by molar-refractivity contribution is 0.0789. The summed E-state index contributed by atoms with van der Waals surface area (Å²) in [4.78, 5) is 18.5. The zero-order valence-electron chi connectivity index (χ0n) is 12.1. The zero-order valence-corrected chi connectivity index (χ0v) is 12.1. The predicted octanol–water partition coefficient (Wildman–Crippen LogP) is 1.99. The maximum atomic E-state index is 12.4. The number of aromatic nitrogens is 1. The second-order valence-electron chi connectivity index (χ2n) is 5.44. The van der Waals surface area contributed by atoms with E-state index < -0.39 is 0 Å². The van der Waals surface area contributed by atoms with Crippen molar-refractivity contribution in [2.75, 3.05) is 13.1 Å². The molecule has 0 bridgehead atoms. The van der Waals surface area contributed by atoms with Gasteiger partial charge in [0.2, 0.25) is 0 Å². The minimum atomic E-state index is 0.0649. The molecule has 1 amide bonds. The fourth-order valence-electron chi connectivity index (χ4n) is 2.54. The van der Waals surface area contributed by atoms with Gasteiger partial charge in [-0.25, -0.2) is 0 Å². The van der Waals surface area contributed by atoms with E-state index in [4.69, 9.17) is 4.42 Å². The summed E-state index contributed by atoms with van der Waals surface area (Å²) >= 11 is 0. The quantitative estimate of drug-likeness (QED) is 0.933. The Bertz CT molecular complexity index is 592. The number of carbonyl (C=O) groups is 1. The Hall–Kier alpha value is -2.14. The SMILES string of the molecule is Cc1ccc(C(=O)N2CC[C@@H](NCc3ccoc3)C2)cn1. The number of nitrogens with zero attached hydrogens (tertiary/aromatic N) is 2. The van der Waals surface area contributed by atoms with E-state index in [1.165, 1.54) is 0 Å². The molecule has 21 heavy (non-hydrogen) atoms. The summed E-state index contributed by atoms with van der Waals surface area (Å²) in [6.45, 7) is 4.22. The Balaban J connectivity index is 1.54. The van der Waals surface area contributed by atoms with Gasteiger partial charge in [0.1, 0.15) is 0 Å². The van der Waals surface area contributed by atoms with Crippen LogP contribution in [0.3, 0.4) is 0 Å². The second-order valence-corrected chi connectivity index (χ2v) is 5.44. The highest BCUT2D eigenvalue weighted by Gasteiger charge is 2.26. The highest BCUT2D eigenvalue weighted by atomic mass is 16.3. The number of pyridine rings is 1. The molecule has 110 valence electrons. The Labute approximate surface area is 124 Å². The molecule has 0 spiro atoms. The van der Waals surface area contributed by atoms with E-state index >= 15 is 0 Å². The predicted molar refractivity (Wildman–Crippen MR) is 78.8 cm³/mol. The van der Waals surface area contributed by atoms with Gasteiger partial charge in [0.15, 0.2) is 0 Å². The lowest BCUT2D eigenvalue weighted by Gasteiger charge is -2.17. The van der Waals surface area contributed by atoms with Crippen LogP contribution < -0.4 is 5.32 Å². The molecule has 3 rings (SSSR count). The minimum Gasteiger partial charge on any atom is -0.472 e. The third kappa shape index (κ3) is 3.31. The number of hydrogen-bond donors (Lipinski definition) is 1. The van der Waals surface area contributed by atoms with E-state index in [1.807, 2.05) is 30.0 Å². The topological polar surface area (TPSA) is 58.4 Å². The minimum absolute atomic E-state index is 0.0649. The molecule has 2 aromatic rings. The molecule has 1 aliphatic heterocycles. The van der Waals surface area contributed by atoms with E-state index in [2.05, 4.69) is 10.3 Å². The van der Waals surface area contributed by atoms with Crippen LogP contribution in [0.2, 0.25) is 0 Å². The number of aryl methyl sites for hydroxylation is 1. The third-order valence-corrected chi connectivity index (χ3v) is 3.81. The van der Waals surface area contributed by atoms with Crippen molar-refractivity contribution in [1.29, 1.82) is 0 Å². The van der Waals surface area contributed by atoms with Gasteiger partial charge in [0.25, 0.3) is 5.91 Å². The highest BCUT2D eigenvalue weighted by molar-refractivity contribution is 5.94. The Morgan fingerprint density at radius 1 is 1.48 bits per heavy atom. The van der Waals surface area contributed by atoms with Crippen molar-refractivity contribution < 1.29 is 9.21 Å². The molecule has 0 aromatic carbocycles. The first-order chi connectivity index (χ1) is 10.2. The van der Waals surface area contributed by atoms with Crippen molar-refractivity contribution in [2.24, 2.45) is 0 Å². The van der Waals surface area contributed by atoms with Crippen molar-refractivity contribution in [2.45, 2.75) is 25.9 Å². The zero-order chi connectivity index (χ0) is 14.7. The first kappa shape index (κ1) is 13.8. The van der Waals surface area contributed by atoms with Gasteiger partial charge in [-0.15, -0.1) is 0 Å². The van der Waals surface area contributed by atoms with Crippen LogP contribution in [0.25, 0.3) is 0 Å². The van der Waals surface area contributed by atoms with Gasteiger partial charge >= 0.3 is 0 Å². The molecule has 5 nitrogen and oxygen atoms in total. The maximum absolute atomic E-state index is 12.4. The summed E-state index contributed by atoms with van der Waals surface area (Å²) in [5.41, 5.74) is 2.71. The van der Waals surface area contributed by atoms with Gasteiger partial charge in [-0.05, 0) is 31.5 Å². The van der Waals surface area contributed by atoms with Crippen LogP contribution in [0.15, 0.2) is 41.3 Å². The number of rotatable bonds is 4. The molecule has 1 aliphatic rings. The number of furan rings is 1. The molecular weight excluding hydrogens is 266 g/mol. The summed E-state index contributed by atoms with van der Waals surface area (Å²) in [6.07, 6.45) is 6.04. The highest BCUT2D eigenvalue weighted by Crippen LogP contribution is 2.14. The van der Waals surface area contributed by atoms with E-state index in [1.54, 1.807) is 18.7 Å². The summed E-state index contributed by atoms with van der Waals surface area (Å²) in [7, 11) is 0. The van der Waals surface area contributed by atoms with Crippen molar-refractivity contribution in [3.8, 4) is 0 Å². The molecule has 0 unspecified atom stereocenters. The van der Waals surface area contributed by atoms with Crippen LogP contribution in [0.4, 0.5) is 0 Å². The van der Waals surface area contributed by atoms with E-state index in [9.17, 15) is 4.79 Å². The largest absolute Gasteiger partial charge is 0.472 e. The standard InChI is InChI=1S/C16H19N3O2/c1-12-2-3-14(9-17-12)16(20)19-6-4-15(10-19)18-8-13-5-7-21-11-13/h2-3,5,7,9,11,15,18H,4,6,8,10H2,1H3/t15-/m1/s1. The molecule has 3 heterocycles. The normalized spacial score (nSPS) is 18.1. The Kier molecular flexibility index (Phi) is 4.01. The van der Waals surface area contributed by atoms with Crippen molar-refractivity contribution in [1.82, 2.24) is 15.2 Å². The molecule has 1 fully saturated rings. The van der Waals surface area contributed by atoms with Crippen LogP contribution >= 0.6 is 0 Å². The smallest absolute Gasteiger partial charge is 0.255 e. The van der Waals surface area contributed by atoms with Gasteiger partial charge in [0, 0.05) is 43.1 Å². The average Bonchev–Trinajstić information content (AvgIpc) is 3.17. The van der Waals surface area contributed by atoms with E-state index in [0.717, 1.165) is 37.3 Å². The lowest BCUT2D eigenvalue weighted by Crippen LogP contribution is -2.34. The molecular formula is C16H19N3O2. The van der Waals surface area contributed by atoms with Gasteiger partial charge in [0.05, 0.1) is 18.1 Å². The molecule has 0 saturated carbocycles. The van der Waals surface area contributed by atoms with Crippen LogP contribution in [0.5, 0.6) is 0 Å². The maximum Gasteiger partial charge on any atom is 0.255 e. The first-order valence-electron chi connectivity index (χ1n) is 7.19. The number of carbonyl (C=O) groups excluding carboxylic acids is 1. The molecule has 1 saturated heterocycles. The first-order valence-corrected chi connectivity index (χ1v) is 7.19. The molecule has 1 atom stereocenters. The van der Waals surface area contributed by atoms with Gasteiger partial charge in [-0.2, -0.15) is 0 Å². The number of nitrogens with one attached hydrogen (secondary N) is 1. The van der Waals surface area contributed by atoms with Crippen LogP contribution in [-0.4, -0.2) is 34.9 Å². The number of hydrogen-bond acceptors (Lipinski definition) is 4. The summed E-state index contributed by atoms with van der Waals surface area (Å²) in [5, 5.41) is 3.46. The van der Waals surface area contributed by atoms with E-state index in [0.29, 0.717) is 11.6 Å². The lowest BCUT2D eigenvalue weighted by atomic mass is 10.2. The van der Waals surface area contributed by atoms with Crippen LogP contribution in [0.1, 0.15) is 28.0 Å². The summed E-state index contributed by atoms with van der Waals surface area (Å²) in [5.74, 6) is 0.0649. The summed E-state index contributed by atoms with van der Waals surface area (Å²) in [6, 6.07) is 6.00. The van der Waals surface area contributed by atoms with Crippen LogP contribution in [-0.2, 0) is 6.54 Å². The number of amides is 1. The molecule has 2 aromatic heterocycles. The third-order valence-electron chi connectivity index (χ3n) is 3.81. The van der Waals surface area contributed by atoms with Gasteiger partial charge in [-0.1, -0.05) is 0 Å². The number of likely N-dealkylation sites (tertiary alicyclic amines) is 1.